The molecule has 0 saturated carbocycles. The van der Waals surface area contributed by atoms with E-state index in [0.717, 1.165) is 18.6 Å². The van der Waals surface area contributed by atoms with Gasteiger partial charge in [-0.3, -0.25) is 0 Å². The summed E-state index contributed by atoms with van der Waals surface area (Å²) in [4.78, 5) is 4.22. The molecule has 0 radical (unpaired) electrons. The number of aromatic nitrogens is 1. The Labute approximate surface area is 98.0 Å². The van der Waals surface area contributed by atoms with Crippen LogP contribution in [0.1, 0.15) is 51.1 Å². The first-order valence-electron chi connectivity index (χ1n) is 6.09. The third kappa shape index (κ3) is 4.19. The molecular weight excluding hydrogens is 200 g/mol. The first kappa shape index (κ1) is 13.0. The summed E-state index contributed by atoms with van der Waals surface area (Å²) >= 11 is 0. The molecule has 3 nitrogen and oxygen atoms in total. The topological polar surface area (TPSA) is 48.1 Å². The third-order valence-electron chi connectivity index (χ3n) is 2.53. The highest BCUT2D eigenvalue weighted by molar-refractivity contribution is 5.27. The first-order chi connectivity index (χ1) is 7.75. The molecule has 0 unspecified atom stereocenters. The van der Waals surface area contributed by atoms with Crippen LogP contribution < -0.4 is 10.5 Å². The number of ether oxygens (including phenoxy) is 1. The van der Waals surface area contributed by atoms with E-state index >= 15 is 0 Å². The molecule has 1 atom stereocenters. The first-order valence-corrected chi connectivity index (χ1v) is 6.09. The van der Waals surface area contributed by atoms with E-state index in [-0.39, 0.29) is 6.04 Å². The average molecular weight is 222 g/mol. The summed E-state index contributed by atoms with van der Waals surface area (Å²) in [6.07, 6.45) is 6.56. The Balaban J connectivity index is 2.41. The zero-order valence-corrected chi connectivity index (χ0v) is 10.3. The van der Waals surface area contributed by atoms with E-state index in [1.54, 1.807) is 6.20 Å². The average Bonchev–Trinajstić information content (AvgIpc) is 2.29. The van der Waals surface area contributed by atoms with Crippen molar-refractivity contribution in [3.05, 3.63) is 23.9 Å². The molecule has 0 aromatic carbocycles. The SMILES string of the molecule is CCCCCCOc1ncccc1[C@H](C)N. The second-order valence-corrected chi connectivity index (χ2v) is 4.10. The second kappa shape index (κ2) is 7.23. The number of hydrogen-bond donors (Lipinski definition) is 1. The number of hydrogen-bond acceptors (Lipinski definition) is 3. The van der Waals surface area contributed by atoms with E-state index in [9.17, 15) is 0 Å². The number of nitrogens with two attached hydrogens (primary N) is 1. The summed E-state index contributed by atoms with van der Waals surface area (Å²) in [6.45, 7) is 4.88. The van der Waals surface area contributed by atoms with Gasteiger partial charge in [-0.25, -0.2) is 4.98 Å². The van der Waals surface area contributed by atoms with Crippen molar-refractivity contribution in [3.8, 4) is 5.88 Å². The monoisotopic (exact) mass is 222 g/mol. The van der Waals surface area contributed by atoms with Crippen LogP contribution in [0.5, 0.6) is 5.88 Å². The molecule has 16 heavy (non-hydrogen) atoms. The predicted molar refractivity (Wildman–Crippen MR) is 66.5 cm³/mol. The van der Waals surface area contributed by atoms with Gasteiger partial charge in [0, 0.05) is 17.8 Å². The lowest BCUT2D eigenvalue weighted by molar-refractivity contribution is 0.289. The van der Waals surface area contributed by atoms with Gasteiger partial charge in [0.2, 0.25) is 5.88 Å². The summed E-state index contributed by atoms with van der Waals surface area (Å²) in [5.74, 6) is 0.689. The number of unbranched alkanes of at least 4 members (excludes halogenated alkanes) is 3. The Morgan fingerprint density at radius 1 is 1.38 bits per heavy atom. The molecule has 1 rings (SSSR count). The molecule has 0 aliphatic carbocycles. The molecular formula is C13H22N2O. The summed E-state index contributed by atoms with van der Waals surface area (Å²) in [5, 5.41) is 0. The number of pyridine rings is 1. The molecule has 1 aromatic heterocycles. The summed E-state index contributed by atoms with van der Waals surface area (Å²) in [5.41, 5.74) is 6.83. The molecule has 0 aliphatic rings. The van der Waals surface area contributed by atoms with E-state index in [1.807, 2.05) is 19.1 Å². The van der Waals surface area contributed by atoms with Crippen LogP contribution in [0.25, 0.3) is 0 Å². The van der Waals surface area contributed by atoms with Gasteiger partial charge in [-0.2, -0.15) is 0 Å². The zero-order valence-electron chi connectivity index (χ0n) is 10.3. The van der Waals surface area contributed by atoms with Crippen LogP contribution in [0.4, 0.5) is 0 Å². The lowest BCUT2D eigenvalue weighted by Crippen LogP contribution is -2.09. The summed E-state index contributed by atoms with van der Waals surface area (Å²) in [7, 11) is 0. The maximum Gasteiger partial charge on any atom is 0.218 e. The minimum Gasteiger partial charge on any atom is -0.477 e. The van der Waals surface area contributed by atoms with Crippen molar-refractivity contribution in [2.45, 2.75) is 45.6 Å². The highest BCUT2D eigenvalue weighted by Crippen LogP contribution is 2.20. The van der Waals surface area contributed by atoms with Crippen LogP contribution in [0.3, 0.4) is 0 Å². The number of nitrogens with zero attached hydrogens (tertiary/aromatic N) is 1. The molecule has 0 bridgehead atoms. The Kier molecular flexibility index (Phi) is 5.86. The smallest absolute Gasteiger partial charge is 0.218 e. The van der Waals surface area contributed by atoms with Crippen molar-refractivity contribution < 1.29 is 4.74 Å². The molecule has 0 saturated heterocycles. The molecule has 90 valence electrons. The minimum absolute atomic E-state index is 0.0284. The Bertz CT molecular complexity index is 300. The third-order valence-corrected chi connectivity index (χ3v) is 2.53. The van der Waals surface area contributed by atoms with Crippen LogP contribution in [0.2, 0.25) is 0 Å². The van der Waals surface area contributed by atoms with Gasteiger partial charge in [0.1, 0.15) is 0 Å². The van der Waals surface area contributed by atoms with Gasteiger partial charge < -0.3 is 10.5 Å². The van der Waals surface area contributed by atoms with Crippen LogP contribution in [-0.4, -0.2) is 11.6 Å². The zero-order chi connectivity index (χ0) is 11.8. The normalized spacial score (nSPS) is 12.4. The summed E-state index contributed by atoms with van der Waals surface area (Å²) < 4.78 is 5.65. The molecule has 1 heterocycles. The quantitative estimate of drug-likeness (QED) is 0.721. The van der Waals surface area contributed by atoms with Gasteiger partial charge in [-0.15, -0.1) is 0 Å². The van der Waals surface area contributed by atoms with E-state index in [2.05, 4.69) is 11.9 Å². The standard InChI is InChI=1S/C13H22N2O/c1-3-4-5-6-10-16-13-12(11(2)14)8-7-9-15-13/h7-9,11H,3-6,10,14H2,1-2H3/t11-/m0/s1. The van der Waals surface area contributed by atoms with Gasteiger partial charge in [-0.1, -0.05) is 32.3 Å². The van der Waals surface area contributed by atoms with Gasteiger partial charge in [0.25, 0.3) is 0 Å². The molecule has 0 aliphatic heterocycles. The fraction of sp³-hybridized carbons (Fsp3) is 0.615. The maximum absolute atomic E-state index is 5.85. The lowest BCUT2D eigenvalue weighted by Gasteiger charge is -2.12. The lowest BCUT2D eigenvalue weighted by atomic mass is 10.1. The van der Waals surface area contributed by atoms with Crippen molar-refractivity contribution in [1.82, 2.24) is 4.98 Å². The van der Waals surface area contributed by atoms with Gasteiger partial charge in [0.05, 0.1) is 6.61 Å². The Morgan fingerprint density at radius 3 is 2.88 bits per heavy atom. The van der Waals surface area contributed by atoms with Crippen molar-refractivity contribution in [2.75, 3.05) is 6.61 Å². The van der Waals surface area contributed by atoms with Crippen LogP contribution >= 0.6 is 0 Å². The number of rotatable bonds is 7. The fourth-order valence-corrected chi connectivity index (χ4v) is 1.57. The van der Waals surface area contributed by atoms with Crippen LogP contribution in [0.15, 0.2) is 18.3 Å². The summed E-state index contributed by atoms with van der Waals surface area (Å²) in [6, 6.07) is 3.83. The van der Waals surface area contributed by atoms with E-state index in [0.29, 0.717) is 5.88 Å². The van der Waals surface area contributed by atoms with Crippen molar-refractivity contribution >= 4 is 0 Å². The maximum atomic E-state index is 5.85. The molecule has 2 N–H and O–H groups in total. The second-order valence-electron chi connectivity index (χ2n) is 4.10. The van der Waals surface area contributed by atoms with E-state index in [1.165, 1.54) is 19.3 Å². The predicted octanol–water partition coefficient (Wildman–Crippen LogP) is 3.06. The molecule has 1 aromatic rings. The Morgan fingerprint density at radius 2 is 2.19 bits per heavy atom. The van der Waals surface area contributed by atoms with E-state index in [4.69, 9.17) is 10.5 Å². The molecule has 0 spiro atoms. The highest BCUT2D eigenvalue weighted by Gasteiger charge is 2.07. The largest absolute Gasteiger partial charge is 0.477 e. The van der Waals surface area contributed by atoms with Gasteiger partial charge in [0.15, 0.2) is 0 Å². The fourth-order valence-electron chi connectivity index (χ4n) is 1.57. The van der Waals surface area contributed by atoms with E-state index < -0.39 is 0 Å². The van der Waals surface area contributed by atoms with Crippen LogP contribution in [0, 0.1) is 0 Å². The van der Waals surface area contributed by atoms with Crippen LogP contribution in [-0.2, 0) is 0 Å². The molecule has 0 amide bonds. The van der Waals surface area contributed by atoms with Crippen molar-refractivity contribution in [1.29, 1.82) is 0 Å². The molecule has 3 heteroatoms. The minimum atomic E-state index is -0.0284. The molecule has 0 fully saturated rings. The van der Waals surface area contributed by atoms with Crippen molar-refractivity contribution in [2.24, 2.45) is 5.73 Å². The Hall–Kier alpha value is -1.09. The van der Waals surface area contributed by atoms with Gasteiger partial charge in [-0.05, 0) is 19.4 Å². The van der Waals surface area contributed by atoms with Gasteiger partial charge >= 0.3 is 0 Å². The van der Waals surface area contributed by atoms with Crippen molar-refractivity contribution in [3.63, 3.8) is 0 Å². The highest BCUT2D eigenvalue weighted by atomic mass is 16.5.